The Morgan fingerprint density at radius 1 is 1.38 bits per heavy atom. The Labute approximate surface area is 123 Å². The van der Waals surface area contributed by atoms with E-state index in [4.69, 9.17) is 10.5 Å². The lowest BCUT2D eigenvalue weighted by Crippen LogP contribution is -2.43. The highest BCUT2D eigenvalue weighted by Gasteiger charge is 2.35. The van der Waals surface area contributed by atoms with Gasteiger partial charge in [0, 0.05) is 39.1 Å². The molecule has 1 aromatic carbocycles. The predicted octanol–water partition coefficient (Wildman–Crippen LogP) is 0.593. The molecule has 1 aromatic rings. The molecule has 3 rings (SSSR count). The number of hydrogen-bond acceptors (Lipinski definition) is 5. The molecule has 2 aliphatic rings. The molecule has 0 aromatic heterocycles. The predicted molar refractivity (Wildman–Crippen MR) is 77.8 cm³/mol. The molecule has 3 N–H and O–H groups in total. The van der Waals surface area contributed by atoms with Crippen LogP contribution in [0.25, 0.3) is 0 Å². The zero-order valence-corrected chi connectivity index (χ0v) is 11.8. The van der Waals surface area contributed by atoms with Gasteiger partial charge in [-0.2, -0.15) is 0 Å². The van der Waals surface area contributed by atoms with Gasteiger partial charge in [0.05, 0.1) is 11.6 Å². The summed E-state index contributed by atoms with van der Waals surface area (Å²) in [4.78, 5) is 13.8. The number of benzene rings is 1. The van der Waals surface area contributed by atoms with Gasteiger partial charge in [-0.05, 0) is 17.7 Å². The van der Waals surface area contributed by atoms with Crippen LogP contribution < -0.4 is 16.0 Å². The molecular weight excluding hydrogens is 273 g/mol. The van der Waals surface area contributed by atoms with Gasteiger partial charge >= 0.3 is 5.97 Å². The number of hydrogen-bond donors (Lipinski definition) is 2. The first-order valence-corrected chi connectivity index (χ1v) is 7.34. The van der Waals surface area contributed by atoms with Crippen LogP contribution in [0, 0.1) is 5.82 Å². The summed E-state index contributed by atoms with van der Waals surface area (Å²) < 4.78 is 19.5. The third kappa shape index (κ3) is 2.87. The molecular formula is C15H20FN3O2. The van der Waals surface area contributed by atoms with Crippen LogP contribution in [-0.2, 0) is 9.53 Å². The van der Waals surface area contributed by atoms with Crippen molar-refractivity contribution in [3.63, 3.8) is 0 Å². The van der Waals surface area contributed by atoms with Crippen molar-refractivity contribution < 1.29 is 13.9 Å². The van der Waals surface area contributed by atoms with Gasteiger partial charge in [0.25, 0.3) is 0 Å². The van der Waals surface area contributed by atoms with Crippen molar-refractivity contribution in [2.75, 3.05) is 37.6 Å². The van der Waals surface area contributed by atoms with Gasteiger partial charge in [0.2, 0.25) is 0 Å². The maximum atomic E-state index is 14.4. The van der Waals surface area contributed by atoms with E-state index >= 15 is 0 Å². The minimum atomic E-state index is -0.398. The van der Waals surface area contributed by atoms with Gasteiger partial charge < -0.3 is 20.7 Å². The molecule has 2 atom stereocenters. The average molecular weight is 293 g/mol. The standard InChI is InChI=1S/C15H20FN3O2/c16-13-7-10(12-8-11(9-17)21-15(12)20)1-2-14(13)19-5-3-18-4-6-19/h1-2,7,11-12,18H,3-6,8-9,17H2. The zero-order valence-electron chi connectivity index (χ0n) is 11.8. The van der Waals surface area contributed by atoms with Crippen molar-refractivity contribution in [2.45, 2.75) is 18.4 Å². The number of ether oxygens (including phenoxy) is 1. The van der Waals surface area contributed by atoms with Crippen LogP contribution in [0.5, 0.6) is 0 Å². The minimum absolute atomic E-state index is 0.251. The third-order valence-electron chi connectivity index (χ3n) is 4.16. The highest BCUT2D eigenvalue weighted by molar-refractivity contribution is 5.80. The number of anilines is 1. The van der Waals surface area contributed by atoms with E-state index in [1.54, 1.807) is 6.07 Å². The van der Waals surface area contributed by atoms with E-state index in [1.165, 1.54) is 6.07 Å². The number of esters is 1. The monoisotopic (exact) mass is 293 g/mol. The minimum Gasteiger partial charge on any atom is -0.461 e. The largest absolute Gasteiger partial charge is 0.461 e. The Kier molecular flexibility index (Phi) is 4.07. The van der Waals surface area contributed by atoms with Gasteiger partial charge in [-0.15, -0.1) is 0 Å². The number of rotatable bonds is 3. The van der Waals surface area contributed by atoms with Crippen molar-refractivity contribution in [1.82, 2.24) is 5.32 Å². The van der Waals surface area contributed by atoms with Crippen LogP contribution >= 0.6 is 0 Å². The lowest BCUT2D eigenvalue weighted by Gasteiger charge is -2.30. The summed E-state index contributed by atoms with van der Waals surface area (Å²) in [7, 11) is 0. The molecule has 2 aliphatic heterocycles. The van der Waals surface area contributed by atoms with Gasteiger partial charge in [-0.25, -0.2) is 4.39 Å². The Hall–Kier alpha value is -1.66. The molecule has 0 saturated carbocycles. The number of carbonyl (C=O) groups excluding carboxylic acids is 1. The summed E-state index contributed by atoms with van der Waals surface area (Å²) in [5.74, 6) is -0.983. The van der Waals surface area contributed by atoms with Crippen LogP contribution in [0.1, 0.15) is 17.9 Å². The number of nitrogens with zero attached hydrogens (tertiary/aromatic N) is 1. The second-order valence-corrected chi connectivity index (χ2v) is 5.53. The van der Waals surface area contributed by atoms with E-state index in [9.17, 15) is 9.18 Å². The van der Waals surface area contributed by atoms with Crippen molar-refractivity contribution >= 4 is 11.7 Å². The number of halogens is 1. The maximum Gasteiger partial charge on any atom is 0.313 e. The number of cyclic esters (lactones) is 1. The summed E-state index contributed by atoms with van der Waals surface area (Å²) >= 11 is 0. The SMILES string of the molecule is NCC1CC(c2ccc(N3CCNCC3)c(F)c2)C(=O)O1. The topological polar surface area (TPSA) is 67.6 Å². The van der Waals surface area contributed by atoms with E-state index in [2.05, 4.69) is 5.32 Å². The number of nitrogens with two attached hydrogens (primary N) is 1. The highest BCUT2D eigenvalue weighted by atomic mass is 19.1. The molecule has 5 nitrogen and oxygen atoms in total. The molecule has 0 bridgehead atoms. The molecule has 6 heteroatoms. The molecule has 0 aliphatic carbocycles. The average Bonchev–Trinajstić information content (AvgIpc) is 2.89. The summed E-state index contributed by atoms with van der Waals surface area (Å²) in [6.07, 6.45) is 0.278. The van der Waals surface area contributed by atoms with Gasteiger partial charge in [0.15, 0.2) is 0 Å². The second-order valence-electron chi connectivity index (χ2n) is 5.53. The van der Waals surface area contributed by atoms with Crippen LogP contribution in [0.15, 0.2) is 18.2 Å². The van der Waals surface area contributed by atoms with Gasteiger partial charge in [-0.3, -0.25) is 4.79 Å². The molecule has 114 valence electrons. The van der Waals surface area contributed by atoms with Crippen LogP contribution in [0.2, 0.25) is 0 Å². The molecule has 0 amide bonds. The smallest absolute Gasteiger partial charge is 0.313 e. The van der Waals surface area contributed by atoms with E-state index in [1.807, 2.05) is 11.0 Å². The van der Waals surface area contributed by atoms with Gasteiger partial charge in [0.1, 0.15) is 11.9 Å². The van der Waals surface area contributed by atoms with Crippen molar-refractivity contribution in [2.24, 2.45) is 5.73 Å². The maximum absolute atomic E-state index is 14.4. The fourth-order valence-corrected chi connectivity index (χ4v) is 2.97. The Bertz CT molecular complexity index is 532. The Morgan fingerprint density at radius 3 is 2.76 bits per heavy atom. The van der Waals surface area contributed by atoms with Crippen LogP contribution in [-0.4, -0.2) is 44.8 Å². The summed E-state index contributed by atoms with van der Waals surface area (Å²) in [6.45, 7) is 3.60. The third-order valence-corrected chi connectivity index (χ3v) is 4.16. The summed E-state index contributed by atoms with van der Waals surface area (Å²) in [5.41, 5.74) is 6.80. The Morgan fingerprint density at radius 2 is 2.14 bits per heavy atom. The Balaban J connectivity index is 1.79. The quantitative estimate of drug-likeness (QED) is 0.799. The van der Waals surface area contributed by atoms with Gasteiger partial charge in [-0.1, -0.05) is 6.07 Å². The van der Waals surface area contributed by atoms with E-state index in [0.717, 1.165) is 26.2 Å². The van der Waals surface area contributed by atoms with Crippen molar-refractivity contribution in [3.05, 3.63) is 29.6 Å². The first-order chi connectivity index (χ1) is 10.2. The fourth-order valence-electron chi connectivity index (χ4n) is 2.97. The number of carbonyl (C=O) groups is 1. The van der Waals surface area contributed by atoms with E-state index in [0.29, 0.717) is 24.2 Å². The molecule has 2 saturated heterocycles. The second kappa shape index (κ2) is 5.99. The van der Waals surface area contributed by atoms with E-state index in [-0.39, 0.29) is 17.9 Å². The number of nitrogens with one attached hydrogen (secondary N) is 1. The lowest BCUT2D eigenvalue weighted by atomic mass is 9.95. The van der Waals surface area contributed by atoms with Crippen molar-refractivity contribution in [3.8, 4) is 0 Å². The first-order valence-electron chi connectivity index (χ1n) is 7.34. The van der Waals surface area contributed by atoms with Crippen LogP contribution in [0.3, 0.4) is 0 Å². The fraction of sp³-hybridized carbons (Fsp3) is 0.533. The highest BCUT2D eigenvalue weighted by Crippen LogP contribution is 2.32. The van der Waals surface area contributed by atoms with Crippen molar-refractivity contribution in [1.29, 1.82) is 0 Å². The normalized spacial score (nSPS) is 26.0. The molecule has 2 heterocycles. The molecule has 0 spiro atoms. The number of piperazine rings is 1. The molecule has 2 unspecified atom stereocenters. The summed E-state index contributed by atoms with van der Waals surface area (Å²) in [6, 6.07) is 5.05. The first kappa shape index (κ1) is 14.3. The summed E-state index contributed by atoms with van der Waals surface area (Å²) in [5, 5.41) is 3.24. The lowest BCUT2D eigenvalue weighted by molar-refractivity contribution is -0.142. The van der Waals surface area contributed by atoms with Crippen LogP contribution in [0.4, 0.5) is 10.1 Å². The zero-order chi connectivity index (χ0) is 14.8. The van der Waals surface area contributed by atoms with E-state index < -0.39 is 5.92 Å². The molecule has 21 heavy (non-hydrogen) atoms. The molecule has 2 fully saturated rings. The molecule has 0 radical (unpaired) electrons.